The number of benzene rings is 1. The monoisotopic (exact) mass is 499 g/mol. The molecule has 1 fully saturated rings. The van der Waals surface area contributed by atoms with Gasteiger partial charge in [0.25, 0.3) is 11.8 Å². The number of amides is 2. The third kappa shape index (κ3) is 4.67. The maximum Gasteiger partial charge on any atom is 0.256 e. The van der Waals surface area contributed by atoms with Crippen LogP contribution in [0.25, 0.3) is 11.6 Å². The minimum atomic E-state index is -0.143. The van der Waals surface area contributed by atoms with Crippen LogP contribution in [-0.2, 0) is 4.79 Å². The summed E-state index contributed by atoms with van der Waals surface area (Å²) in [5.74, 6) is -0.230. The highest BCUT2D eigenvalue weighted by Gasteiger charge is 2.26. The molecule has 2 atom stereocenters. The predicted octanol–water partition coefficient (Wildman–Crippen LogP) is 3.30. The summed E-state index contributed by atoms with van der Waals surface area (Å²) in [6.45, 7) is 11.6. The van der Waals surface area contributed by atoms with Crippen LogP contribution in [0, 0.1) is 13.8 Å². The summed E-state index contributed by atoms with van der Waals surface area (Å²) in [5, 5.41) is 9.49. The number of piperazine rings is 1. The first-order valence-corrected chi connectivity index (χ1v) is 11.8. The molecule has 0 bridgehead atoms. The fourth-order valence-corrected chi connectivity index (χ4v) is 5.11. The quantitative estimate of drug-likeness (QED) is 0.475. The van der Waals surface area contributed by atoms with Gasteiger partial charge in [-0.3, -0.25) is 14.5 Å². The summed E-state index contributed by atoms with van der Waals surface area (Å²) >= 11 is 3.47. The van der Waals surface area contributed by atoms with Crippen molar-refractivity contribution < 1.29 is 9.59 Å². The van der Waals surface area contributed by atoms with Crippen LogP contribution in [-0.4, -0.2) is 60.0 Å². The number of fused-ring (bicyclic) bond motifs is 1. The van der Waals surface area contributed by atoms with Crippen molar-refractivity contribution in [2.45, 2.75) is 39.8 Å². The van der Waals surface area contributed by atoms with Gasteiger partial charge in [-0.25, -0.2) is 0 Å². The number of aromatic nitrogens is 1. The molecule has 2 aromatic rings. The molecule has 1 saturated heterocycles. The molecule has 8 heteroatoms. The molecule has 170 valence electrons. The number of H-pyrrole nitrogens is 1. The van der Waals surface area contributed by atoms with Crippen LogP contribution in [0.15, 0.2) is 22.7 Å². The first-order chi connectivity index (χ1) is 15.2. The standard InChI is InChI=1S/C24H30BrN5O2/c1-13-11-30(12-14(2)27-13)8-7-26-24(32)22-15(3)21(28-16(22)4)10-19-18-9-17(25)5-6-20(18)29-23(19)31/h5-6,9-10,13-14,27-28H,7-8,11-12H2,1-4H3,(H,26,32)(H,29,31). The van der Waals surface area contributed by atoms with E-state index in [4.69, 9.17) is 0 Å². The Kier molecular flexibility index (Phi) is 6.55. The van der Waals surface area contributed by atoms with Crippen molar-refractivity contribution in [3.8, 4) is 0 Å². The number of anilines is 1. The normalized spacial score (nSPS) is 22.2. The Hall–Kier alpha value is -2.42. The zero-order valence-electron chi connectivity index (χ0n) is 18.9. The predicted molar refractivity (Wildman–Crippen MR) is 132 cm³/mol. The van der Waals surface area contributed by atoms with Gasteiger partial charge < -0.3 is 20.9 Å². The molecule has 2 unspecified atom stereocenters. The first kappa shape index (κ1) is 22.8. The van der Waals surface area contributed by atoms with Crippen LogP contribution in [0.5, 0.6) is 0 Å². The fourth-order valence-electron chi connectivity index (χ4n) is 4.75. The maximum absolute atomic E-state index is 12.9. The molecule has 2 amide bonds. The van der Waals surface area contributed by atoms with Gasteiger partial charge in [0.15, 0.2) is 0 Å². The number of carbonyl (C=O) groups is 2. The molecule has 1 aromatic heterocycles. The number of carbonyl (C=O) groups excluding carboxylic acids is 2. The number of halogens is 1. The lowest BCUT2D eigenvalue weighted by atomic mass is 10.0. The molecule has 2 aliphatic rings. The number of aryl methyl sites for hydroxylation is 1. The number of rotatable bonds is 5. The average molecular weight is 500 g/mol. The third-order valence-electron chi connectivity index (χ3n) is 6.10. The second-order valence-electron chi connectivity index (χ2n) is 8.85. The Morgan fingerprint density at radius 2 is 1.97 bits per heavy atom. The van der Waals surface area contributed by atoms with E-state index in [-0.39, 0.29) is 11.8 Å². The van der Waals surface area contributed by atoms with Gasteiger partial charge in [-0.15, -0.1) is 0 Å². The van der Waals surface area contributed by atoms with Crippen LogP contribution < -0.4 is 16.0 Å². The Morgan fingerprint density at radius 3 is 2.69 bits per heavy atom. The molecule has 1 aromatic carbocycles. The van der Waals surface area contributed by atoms with Crippen molar-refractivity contribution in [2.75, 3.05) is 31.5 Å². The van der Waals surface area contributed by atoms with Gasteiger partial charge in [-0.1, -0.05) is 15.9 Å². The molecule has 0 aliphatic carbocycles. The molecule has 32 heavy (non-hydrogen) atoms. The van der Waals surface area contributed by atoms with Crippen molar-refractivity contribution in [1.82, 2.24) is 20.5 Å². The largest absolute Gasteiger partial charge is 0.358 e. The number of aromatic amines is 1. The van der Waals surface area contributed by atoms with Crippen LogP contribution in [0.3, 0.4) is 0 Å². The second-order valence-corrected chi connectivity index (χ2v) is 9.77. The Morgan fingerprint density at radius 1 is 1.25 bits per heavy atom. The van der Waals surface area contributed by atoms with E-state index in [2.05, 4.69) is 55.6 Å². The molecule has 4 N–H and O–H groups in total. The molecule has 7 nitrogen and oxygen atoms in total. The molecular formula is C24H30BrN5O2. The maximum atomic E-state index is 12.9. The van der Waals surface area contributed by atoms with E-state index in [9.17, 15) is 9.59 Å². The van der Waals surface area contributed by atoms with Gasteiger partial charge in [-0.2, -0.15) is 0 Å². The van der Waals surface area contributed by atoms with E-state index in [1.165, 1.54) is 0 Å². The highest BCUT2D eigenvalue weighted by molar-refractivity contribution is 9.10. The van der Waals surface area contributed by atoms with Crippen LogP contribution in [0.4, 0.5) is 5.69 Å². The van der Waals surface area contributed by atoms with Crippen LogP contribution >= 0.6 is 15.9 Å². The van der Waals surface area contributed by atoms with Crippen molar-refractivity contribution >= 4 is 45.1 Å². The zero-order chi connectivity index (χ0) is 23.0. The fraction of sp³-hybridized carbons (Fsp3) is 0.417. The lowest BCUT2D eigenvalue weighted by Crippen LogP contribution is -2.55. The molecule has 0 saturated carbocycles. The van der Waals surface area contributed by atoms with Crippen LogP contribution in [0.1, 0.15) is 46.7 Å². The molecule has 0 radical (unpaired) electrons. The van der Waals surface area contributed by atoms with Gasteiger partial charge in [0.2, 0.25) is 0 Å². The van der Waals surface area contributed by atoms with E-state index >= 15 is 0 Å². The SMILES string of the molecule is Cc1[nH]c(C=C2C(=O)Nc3ccc(Br)cc32)c(C)c1C(=O)NCCN1CC(C)NC(C)C1. The smallest absolute Gasteiger partial charge is 0.256 e. The first-order valence-electron chi connectivity index (χ1n) is 11.0. The molecular weight excluding hydrogens is 470 g/mol. The highest BCUT2D eigenvalue weighted by atomic mass is 79.9. The van der Waals surface area contributed by atoms with Crippen LogP contribution in [0.2, 0.25) is 0 Å². The summed E-state index contributed by atoms with van der Waals surface area (Å²) in [7, 11) is 0. The Labute approximate surface area is 197 Å². The van der Waals surface area contributed by atoms with Gasteiger partial charge in [-0.05, 0) is 57.5 Å². The van der Waals surface area contributed by atoms with E-state index in [0.717, 1.165) is 52.3 Å². The lowest BCUT2D eigenvalue weighted by Gasteiger charge is -2.36. The molecule has 2 aliphatic heterocycles. The van der Waals surface area contributed by atoms with E-state index < -0.39 is 0 Å². The minimum absolute atomic E-state index is 0.0869. The summed E-state index contributed by atoms with van der Waals surface area (Å²) in [5.41, 5.74) is 5.28. The van der Waals surface area contributed by atoms with Gasteiger partial charge >= 0.3 is 0 Å². The van der Waals surface area contributed by atoms with E-state index in [1.54, 1.807) is 0 Å². The number of hydrogen-bond donors (Lipinski definition) is 4. The van der Waals surface area contributed by atoms with Gasteiger partial charge in [0.1, 0.15) is 0 Å². The Balaban J connectivity index is 1.48. The average Bonchev–Trinajstić information content (AvgIpc) is 3.16. The van der Waals surface area contributed by atoms with Crippen molar-refractivity contribution in [1.29, 1.82) is 0 Å². The Bertz CT molecular complexity index is 1080. The van der Waals surface area contributed by atoms with Gasteiger partial charge in [0.05, 0.1) is 11.1 Å². The number of nitrogens with one attached hydrogen (secondary N) is 4. The third-order valence-corrected chi connectivity index (χ3v) is 6.60. The highest BCUT2D eigenvalue weighted by Crippen LogP contribution is 2.35. The molecule has 3 heterocycles. The van der Waals surface area contributed by atoms with Gasteiger partial charge in [0, 0.05) is 65.4 Å². The number of hydrogen-bond acceptors (Lipinski definition) is 4. The lowest BCUT2D eigenvalue weighted by molar-refractivity contribution is -0.110. The zero-order valence-corrected chi connectivity index (χ0v) is 20.5. The summed E-state index contributed by atoms with van der Waals surface area (Å²) in [6, 6.07) is 6.62. The molecule has 0 spiro atoms. The van der Waals surface area contributed by atoms with Crippen molar-refractivity contribution in [3.63, 3.8) is 0 Å². The minimum Gasteiger partial charge on any atom is -0.358 e. The molecule has 4 rings (SSSR count). The summed E-state index contributed by atoms with van der Waals surface area (Å²) in [4.78, 5) is 31.1. The topological polar surface area (TPSA) is 89.3 Å². The van der Waals surface area contributed by atoms with Crippen molar-refractivity contribution in [3.05, 3.63) is 50.8 Å². The van der Waals surface area contributed by atoms with E-state index in [0.29, 0.717) is 29.8 Å². The summed E-state index contributed by atoms with van der Waals surface area (Å²) in [6.07, 6.45) is 1.83. The second kappa shape index (κ2) is 9.21. The van der Waals surface area contributed by atoms with E-state index in [1.807, 2.05) is 38.1 Å². The number of nitrogens with zero attached hydrogens (tertiary/aromatic N) is 1. The summed E-state index contributed by atoms with van der Waals surface area (Å²) < 4.78 is 0.909. The van der Waals surface area contributed by atoms with Crippen molar-refractivity contribution in [2.24, 2.45) is 0 Å².